The Kier molecular flexibility index (Phi) is 3.10. The molecule has 0 aliphatic carbocycles. The summed E-state index contributed by atoms with van der Waals surface area (Å²) in [7, 11) is 1.20. The Morgan fingerprint density at radius 3 is 3.06 bits per heavy atom. The second-order valence-electron chi connectivity index (χ2n) is 3.72. The highest BCUT2D eigenvalue weighted by Gasteiger charge is 2.19. The first-order valence-electron chi connectivity index (χ1n) is 5.14. The van der Waals surface area contributed by atoms with Gasteiger partial charge in [0.05, 0.1) is 7.11 Å². The second kappa shape index (κ2) is 4.55. The maximum Gasteiger partial charge on any atom is 0.335 e. The minimum Gasteiger partial charge on any atom is -0.467 e. The van der Waals surface area contributed by atoms with Crippen LogP contribution in [-0.4, -0.2) is 29.3 Å². The number of benzene rings is 1. The second-order valence-corrected chi connectivity index (χ2v) is 3.72. The van der Waals surface area contributed by atoms with Gasteiger partial charge in [0.25, 0.3) is 0 Å². The summed E-state index contributed by atoms with van der Waals surface area (Å²) < 4.78 is 18.0. The third kappa shape index (κ3) is 2.14. The highest BCUT2D eigenvalue weighted by Crippen LogP contribution is 2.22. The monoisotopic (exact) mass is 237 g/mol. The van der Waals surface area contributed by atoms with Crippen LogP contribution in [0.1, 0.15) is 5.56 Å². The van der Waals surface area contributed by atoms with Gasteiger partial charge >= 0.3 is 5.97 Å². The van der Waals surface area contributed by atoms with Crippen LogP contribution in [0, 0.1) is 5.82 Å². The number of nitrogens with one attached hydrogen (secondary N) is 1. The molecule has 1 aromatic carbocycles. The molecule has 90 valence electrons. The summed E-state index contributed by atoms with van der Waals surface area (Å²) in [5.41, 5.74) is 1.19. The zero-order valence-electron chi connectivity index (χ0n) is 9.24. The number of carbonyl (C=O) groups is 1. The van der Waals surface area contributed by atoms with Crippen LogP contribution < -0.4 is 0 Å². The lowest BCUT2D eigenvalue weighted by Crippen LogP contribution is -2.24. The molecular weight excluding hydrogens is 225 g/mol. The Hall–Kier alpha value is -1.88. The van der Waals surface area contributed by atoms with E-state index in [1.165, 1.54) is 13.2 Å². The zero-order valence-corrected chi connectivity index (χ0v) is 9.24. The van der Waals surface area contributed by atoms with Crippen molar-refractivity contribution in [2.45, 2.75) is 12.5 Å². The first-order chi connectivity index (χ1) is 8.13. The average molecular weight is 237 g/mol. The van der Waals surface area contributed by atoms with Gasteiger partial charge in [-0.1, -0.05) is 6.07 Å². The number of hydrogen-bond acceptors (Lipinski definition) is 3. The van der Waals surface area contributed by atoms with Crippen molar-refractivity contribution >= 4 is 16.9 Å². The van der Waals surface area contributed by atoms with Crippen molar-refractivity contribution in [2.24, 2.45) is 0 Å². The Morgan fingerprint density at radius 2 is 2.35 bits per heavy atom. The molecule has 2 aromatic rings. The van der Waals surface area contributed by atoms with E-state index in [-0.39, 0.29) is 12.2 Å². The van der Waals surface area contributed by atoms with Crippen LogP contribution in [0.5, 0.6) is 0 Å². The number of aromatic nitrogens is 1. The number of aliphatic hydroxyl groups excluding tert-OH is 1. The van der Waals surface area contributed by atoms with Crippen molar-refractivity contribution in [3.63, 3.8) is 0 Å². The van der Waals surface area contributed by atoms with Gasteiger partial charge in [-0.15, -0.1) is 0 Å². The molecule has 0 aliphatic rings. The molecule has 1 heterocycles. The number of ether oxygens (including phenoxy) is 1. The van der Waals surface area contributed by atoms with Gasteiger partial charge in [0, 0.05) is 23.5 Å². The number of H-pyrrole nitrogens is 1. The van der Waals surface area contributed by atoms with Crippen LogP contribution in [0.25, 0.3) is 10.9 Å². The van der Waals surface area contributed by atoms with Gasteiger partial charge in [-0.25, -0.2) is 9.18 Å². The largest absolute Gasteiger partial charge is 0.467 e. The van der Waals surface area contributed by atoms with Crippen LogP contribution in [-0.2, 0) is 16.0 Å². The van der Waals surface area contributed by atoms with Gasteiger partial charge in [0.1, 0.15) is 5.82 Å². The molecule has 17 heavy (non-hydrogen) atoms. The van der Waals surface area contributed by atoms with Gasteiger partial charge in [-0.05, 0) is 17.7 Å². The van der Waals surface area contributed by atoms with Gasteiger partial charge in [0.15, 0.2) is 6.10 Å². The molecule has 0 amide bonds. The summed E-state index contributed by atoms with van der Waals surface area (Å²) in [6, 6.07) is 4.66. The molecule has 5 heteroatoms. The summed E-state index contributed by atoms with van der Waals surface area (Å²) in [5, 5.41) is 9.93. The lowest BCUT2D eigenvalue weighted by atomic mass is 10.1. The van der Waals surface area contributed by atoms with Crippen LogP contribution in [0.2, 0.25) is 0 Å². The Labute approximate surface area is 97.0 Å². The minimum absolute atomic E-state index is 0.0214. The zero-order chi connectivity index (χ0) is 12.4. The maximum absolute atomic E-state index is 13.6. The average Bonchev–Trinajstić information content (AvgIpc) is 2.72. The lowest BCUT2D eigenvalue weighted by molar-refractivity contribution is -0.150. The lowest BCUT2D eigenvalue weighted by Gasteiger charge is -2.07. The SMILES string of the molecule is COC(=O)C(O)Cc1c[nH]c2cccc(F)c12. The van der Waals surface area contributed by atoms with Crippen molar-refractivity contribution in [2.75, 3.05) is 7.11 Å². The van der Waals surface area contributed by atoms with E-state index < -0.39 is 12.1 Å². The predicted octanol–water partition coefficient (Wildman–Crippen LogP) is 1.38. The highest BCUT2D eigenvalue weighted by molar-refractivity contribution is 5.85. The van der Waals surface area contributed by atoms with E-state index >= 15 is 0 Å². The van der Waals surface area contributed by atoms with E-state index in [9.17, 15) is 14.3 Å². The molecule has 0 bridgehead atoms. The first-order valence-corrected chi connectivity index (χ1v) is 5.14. The van der Waals surface area contributed by atoms with Crippen molar-refractivity contribution in [1.82, 2.24) is 4.98 Å². The molecule has 2 N–H and O–H groups in total. The summed E-state index contributed by atoms with van der Waals surface area (Å²) in [6.45, 7) is 0. The third-order valence-corrected chi connectivity index (χ3v) is 2.62. The molecule has 0 aliphatic heterocycles. The molecule has 0 saturated carbocycles. The number of aromatic amines is 1. The van der Waals surface area contributed by atoms with Crippen LogP contribution >= 0.6 is 0 Å². The van der Waals surface area contributed by atoms with Crippen LogP contribution in [0.15, 0.2) is 24.4 Å². The van der Waals surface area contributed by atoms with E-state index in [1.807, 2.05) is 0 Å². The number of hydrogen-bond donors (Lipinski definition) is 2. The van der Waals surface area contributed by atoms with Crippen molar-refractivity contribution in [3.05, 3.63) is 35.8 Å². The number of methoxy groups -OCH3 is 1. The molecule has 2 rings (SSSR count). The fraction of sp³-hybridized carbons (Fsp3) is 0.250. The number of aliphatic hydroxyl groups is 1. The van der Waals surface area contributed by atoms with E-state index in [1.54, 1.807) is 18.3 Å². The predicted molar refractivity (Wildman–Crippen MR) is 60.0 cm³/mol. The summed E-state index contributed by atoms with van der Waals surface area (Å²) in [4.78, 5) is 14.0. The molecule has 1 aromatic heterocycles. The first kappa shape index (κ1) is 11.6. The smallest absolute Gasteiger partial charge is 0.335 e. The number of carbonyl (C=O) groups excluding carboxylic acids is 1. The van der Waals surface area contributed by atoms with Crippen molar-refractivity contribution in [1.29, 1.82) is 0 Å². The van der Waals surface area contributed by atoms with Gasteiger partial charge in [-0.3, -0.25) is 0 Å². The molecule has 0 spiro atoms. The molecule has 0 fully saturated rings. The Morgan fingerprint density at radius 1 is 1.59 bits per heavy atom. The summed E-state index contributed by atoms with van der Waals surface area (Å²) >= 11 is 0. The van der Waals surface area contributed by atoms with Gasteiger partial charge in [0.2, 0.25) is 0 Å². The number of halogens is 1. The standard InChI is InChI=1S/C12H12FNO3/c1-17-12(16)10(15)5-7-6-14-9-4-2-3-8(13)11(7)9/h2-4,6,10,14-15H,5H2,1H3. The van der Waals surface area contributed by atoms with Crippen LogP contribution in [0.4, 0.5) is 4.39 Å². The molecular formula is C12H12FNO3. The third-order valence-electron chi connectivity index (χ3n) is 2.62. The van der Waals surface area contributed by atoms with E-state index in [0.29, 0.717) is 16.5 Å². The fourth-order valence-electron chi connectivity index (χ4n) is 1.80. The number of rotatable bonds is 3. The number of esters is 1. The quantitative estimate of drug-likeness (QED) is 0.793. The molecule has 0 saturated heterocycles. The van der Waals surface area contributed by atoms with Crippen LogP contribution in [0.3, 0.4) is 0 Å². The Bertz CT molecular complexity index is 550. The fourth-order valence-corrected chi connectivity index (χ4v) is 1.80. The Balaban J connectivity index is 2.34. The summed E-state index contributed by atoms with van der Waals surface area (Å²) in [5.74, 6) is -1.11. The minimum atomic E-state index is -1.28. The van der Waals surface area contributed by atoms with Crippen molar-refractivity contribution < 1.29 is 19.0 Å². The normalized spacial score (nSPS) is 12.6. The molecule has 4 nitrogen and oxygen atoms in total. The number of fused-ring (bicyclic) bond motifs is 1. The molecule has 0 radical (unpaired) electrons. The van der Waals surface area contributed by atoms with Crippen molar-refractivity contribution in [3.8, 4) is 0 Å². The highest BCUT2D eigenvalue weighted by atomic mass is 19.1. The summed E-state index contributed by atoms with van der Waals surface area (Å²) in [6.07, 6.45) is 0.326. The maximum atomic E-state index is 13.6. The molecule has 1 atom stereocenters. The van der Waals surface area contributed by atoms with Gasteiger partial charge in [-0.2, -0.15) is 0 Å². The van der Waals surface area contributed by atoms with E-state index in [4.69, 9.17) is 0 Å². The van der Waals surface area contributed by atoms with Gasteiger partial charge < -0.3 is 14.8 Å². The molecule has 1 unspecified atom stereocenters. The van der Waals surface area contributed by atoms with E-state index in [0.717, 1.165) is 0 Å². The van der Waals surface area contributed by atoms with E-state index in [2.05, 4.69) is 9.72 Å². The topological polar surface area (TPSA) is 62.3 Å².